The van der Waals surface area contributed by atoms with Crippen LogP contribution in [-0.4, -0.2) is 60.6 Å². The van der Waals surface area contributed by atoms with Crippen molar-refractivity contribution >= 4 is 23.2 Å². The Kier molecular flexibility index (Phi) is 9.88. The third-order valence-electron chi connectivity index (χ3n) is 13.8. The Morgan fingerprint density at radius 2 is 1.53 bits per heavy atom. The highest BCUT2D eigenvalue weighted by atomic mass is 19.1. The second-order valence-corrected chi connectivity index (χ2v) is 17.2. The number of amides is 2. The smallest absolute Gasteiger partial charge is 0.249 e. The van der Waals surface area contributed by atoms with Crippen LogP contribution in [0, 0.1) is 17.2 Å². The van der Waals surface area contributed by atoms with Crippen LogP contribution in [0.5, 0.6) is 5.75 Å². The molecule has 0 radical (unpaired) electrons. The van der Waals surface area contributed by atoms with E-state index in [-0.39, 0.29) is 30.0 Å². The minimum Gasteiger partial charge on any atom is -0.508 e. The number of hydrogen-bond donors (Lipinski definition) is 3. The molecule has 2 amide bonds. The molecule has 3 saturated heterocycles. The zero-order valence-electron chi connectivity index (χ0n) is 31.7. The predicted molar refractivity (Wildman–Crippen MR) is 215 cm³/mol. The normalized spacial score (nSPS) is 24.6. The number of likely N-dealkylation sites (tertiary alicyclic amines) is 1. The number of rotatable bonds is 8. The van der Waals surface area contributed by atoms with Crippen LogP contribution >= 0.6 is 0 Å². The van der Waals surface area contributed by atoms with Crippen LogP contribution in [0.15, 0.2) is 91.0 Å². The van der Waals surface area contributed by atoms with Crippen LogP contribution in [-0.2, 0) is 16.0 Å². The third kappa shape index (κ3) is 7.50. The fourth-order valence-electron chi connectivity index (χ4n) is 10.8. The molecule has 0 aromatic heterocycles. The van der Waals surface area contributed by atoms with E-state index in [2.05, 4.69) is 81.1 Å². The van der Waals surface area contributed by atoms with Crippen LogP contribution in [0.2, 0.25) is 0 Å². The van der Waals surface area contributed by atoms with E-state index >= 15 is 4.39 Å². The molecule has 4 aromatic carbocycles. The van der Waals surface area contributed by atoms with E-state index in [1.54, 1.807) is 12.1 Å². The topological polar surface area (TPSA) is 84.9 Å². The first-order valence-electron chi connectivity index (χ1n) is 20.6. The van der Waals surface area contributed by atoms with Crippen molar-refractivity contribution in [2.24, 2.45) is 11.3 Å². The number of benzene rings is 4. The number of halogens is 1. The van der Waals surface area contributed by atoms with Gasteiger partial charge in [-0.2, -0.15) is 0 Å². The summed E-state index contributed by atoms with van der Waals surface area (Å²) >= 11 is 0. The molecular formula is C47H53FN4O3. The molecule has 3 atom stereocenters. The van der Waals surface area contributed by atoms with Crippen molar-refractivity contribution in [3.05, 3.63) is 125 Å². The van der Waals surface area contributed by atoms with Gasteiger partial charge in [0.2, 0.25) is 11.8 Å². The molecule has 0 bridgehead atoms. The maximum atomic E-state index is 15.1. The number of carbonyl (C=O) groups excluding carboxylic acids is 2. The van der Waals surface area contributed by atoms with Gasteiger partial charge in [0.1, 0.15) is 17.6 Å². The number of fused-ring (bicyclic) bond motifs is 1. The van der Waals surface area contributed by atoms with Gasteiger partial charge >= 0.3 is 0 Å². The number of carbonyl (C=O) groups is 2. The second-order valence-electron chi connectivity index (χ2n) is 17.2. The minimum atomic E-state index is -0.588. The lowest BCUT2D eigenvalue weighted by Gasteiger charge is -2.54. The summed E-state index contributed by atoms with van der Waals surface area (Å²) < 4.78 is 15.1. The molecular weight excluding hydrogens is 688 g/mol. The average molecular weight is 741 g/mol. The van der Waals surface area contributed by atoms with Crippen molar-refractivity contribution < 1.29 is 19.1 Å². The summed E-state index contributed by atoms with van der Waals surface area (Å²) in [4.78, 5) is 28.8. The van der Waals surface area contributed by atoms with Gasteiger partial charge in [-0.3, -0.25) is 14.9 Å². The second kappa shape index (κ2) is 15.1. The zero-order valence-corrected chi connectivity index (χ0v) is 31.7. The van der Waals surface area contributed by atoms with Crippen molar-refractivity contribution in [3.63, 3.8) is 0 Å². The SMILES string of the molecule is O=C1CCC(Nc2ccc(C3CCN(CC4CC5(CCN(c6ccc(C7c8ccc(O)cc8CCC7c7ccccc7)cc6)CC5)C4)CC3)cc2F)C(=O)N1. The first-order chi connectivity index (χ1) is 26.8. The van der Waals surface area contributed by atoms with E-state index in [1.165, 1.54) is 60.2 Å². The number of phenolic OH excluding ortho intramolecular Hbond substituents is 1. The summed E-state index contributed by atoms with van der Waals surface area (Å²) in [5.74, 6) is 1.16. The molecule has 1 saturated carbocycles. The largest absolute Gasteiger partial charge is 0.508 e. The molecule has 9 rings (SSSR count). The maximum absolute atomic E-state index is 15.1. The number of imide groups is 1. The predicted octanol–water partition coefficient (Wildman–Crippen LogP) is 8.49. The van der Waals surface area contributed by atoms with Crippen LogP contribution in [0.4, 0.5) is 15.8 Å². The molecule has 4 aromatic rings. The number of anilines is 2. The Morgan fingerprint density at radius 1 is 0.782 bits per heavy atom. The van der Waals surface area contributed by atoms with Crippen molar-refractivity contribution in [1.82, 2.24) is 10.2 Å². The van der Waals surface area contributed by atoms with Gasteiger partial charge in [-0.15, -0.1) is 0 Å². The van der Waals surface area contributed by atoms with E-state index in [0.29, 0.717) is 35.1 Å². The summed E-state index contributed by atoms with van der Waals surface area (Å²) in [6, 6.07) is 31.1. The van der Waals surface area contributed by atoms with Crippen LogP contribution in [0.3, 0.4) is 0 Å². The Hall–Kier alpha value is -4.69. The monoisotopic (exact) mass is 740 g/mol. The van der Waals surface area contributed by atoms with E-state index in [0.717, 1.165) is 63.3 Å². The Balaban J connectivity index is 0.750. The van der Waals surface area contributed by atoms with Gasteiger partial charge in [0.15, 0.2) is 0 Å². The van der Waals surface area contributed by atoms with E-state index in [9.17, 15) is 14.7 Å². The first kappa shape index (κ1) is 36.0. The molecule has 3 N–H and O–H groups in total. The summed E-state index contributed by atoms with van der Waals surface area (Å²) in [6.45, 7) is 5.52. The van der Waals surface area contributed by atoms with Crippen LogP contribution in [0.1, 0.15) is 103 Å². The molecule has 2 aliphatic carbocycles. The van der Waals surface area contributed by atoms with Crippen molar-refractivity contribution in [3.8, 4) is 5.75 Å². The van der Waals surface area contributed by atoms with Gasteiger partial charge in [-0.05, 0) is 158 Å². The number of nitrogens with zero attached hydrogens (tertiary/aromatic N) is 2. The Labute approximate surface area is 324 Å². The lowest BCUT2D eigenvalue weighted by molar-refractivity contribution is -0.133. The number of aromatic hydroxyl groups is 1. The molecule has 8 heteroatoms. The fraction of sp³-hybridized carbons (Fsp3) is 0.447. The highest BCUT2D eigenvalue weighted by molar-refractivity contribution is 6.01. The number of aryl methyl sites for hydroxylation is 1. The maximum Gasteiger partial charge on any atom is 0.249 e. The van der Waals surface area contributed by atoms with E-state index in [4.69, 9.17) is 0 Å². The number of hydrogen-bond acceptors (Lipinski definition) is 6. The molecule has 3 unspecified atom stereocenters. The van der Waals surface area contributed by atoms with E-state index < -0.39 is 6.04 Å². The quantitative estimate of drug-likeness (QED) is 0.157. The number of nitrogens with one attached hydrogen (secondary N) is 2. The summed E-state index contributed by atoms with van der Waals surface area (Å²) in [7, 11) is 0. The Bertz CT molecular complexity index is 2010. The van der Waals surface area contributed by atoms with Crippen molar-refractivity contribution in [1.29, 1.82) is 0 Å². The van der Waals surface area contributed by atoms with Gasteiger partial charge in [-0.1, -0.05) is 54.6 Å². The molecule has 286 valence electrons. The van der Waals surface area contributed by atoms with Crippen LogP contribution in [0.25, 0.3) is 0 Å². The molecule has 7 nitrogen and oxygen atoms in total. The standard InChI is InChI=1S/C47H53FN4O3/c48-41-27-35(9-15-42(41)49-43-16-17-44(54)50-46(43)55)32-18-22-51(23-19-32)30-31-28-47(29-31)20-24-52(25-21-47)37-10-6-34(7-11-37)45-39(33-4-2-1-3-5-33)13-8-36-26-38(53)12-14-40(36)45/h1-7,9-12,14-15,26-27,31-32,39,43,45,49,53H,8,13,16-25,28-30H2,(H,50,54,55). The molecule has 5 aliphatic rings. The first-order valence-corrected chi connectivity index (χ1v) is 20.6. The van der Waals surface area contributed by atoms with Gasteiger partial charge in [0.05, 0.1) is 5.69 Å². The zero-order chi connectivity index (χ0) is 37.5. The third-order valence-corrected chi connectivity index (χ3v) is 13.8. The lowest BCUT2D eigenvalue weighted by atomic mass is 9.57. The molecule has 4 fully saturated rings. The van der Waals surface area contributed by atoms with Crippen molar-refractivity contribution in [2.45, 2.75) is 88.0 Å². The van der Waals surface area contributed by atoms with Gasteiger partial charge in [0, 0.05) is 37.7 Å². The fourth-order valence-corrected chi connectivity index (χ4v) is 10.8. The van der Waals surface area contributed by atoms with E-state index in [1.807, 2.05) is 18.2 Å². The highest BCUT2D eigenvalue weighted by Gasteiger charge is 2.46. The number of piperidine rings is 3. The molecule has 1 spiro atoms. The lowest BCUT2D eigenvalue weighted by Crippen LogP contribution is -2.50. The molecule has 3 heterocycles. The molecule has 55 heavy (non-hydrogen) atoms. The highest BCUT2D eigenvalue weighted by Crippen LogP contribution is 2.53. The Morgan fingerprint density at radius 3 is 2.25 bits per heavy atom. The van der Waals surface area contributed by atoms with Crippen molar-refractivity contribution in [2.75, 3.05) is 42.9 Å². The average Bonchev–Trinajstić information content (AvgIpc) is 3.19. The number of phenols is 1. The molecule has 3 aliphatic heterocycles. The van der Waals surface area contributed by atoms with Gasteiger partial charge in [-0.25, -0.2) is 4.39 Å². The van der Waals surface area contributed by atoms with Gasteiger partial charge < -0.3 is 20.2 Å². The summed E-state index contributed by atoms with van der Waals surface area (Å²) in [5, 5.41) is 15.5. The van der Waals surface area contributed by atoms with Crippen LogP contribution < -0.4 is 15.5 Å². The summed E-state index contributed by atoms with van der Waals surface area (Å²) in [6.07, 6.45) is 9.98. The minimum absolute atomic E-state index is 0.264. The van der Waals surface area contributed by atoms with Gasteiger partial charge in [0.25, 0.3) is 0 Å². The summed E-state index contributed by atoms with van der Waals surface area (Å²) in [5.41, 5.74) is 8.54.